The van der Waals surface area contributed by atoms with Gasteiger partial charge < -0.3 is 10.4 Å². The molecule has 0 saturated heterocycles. The second-order valence-corrected chi connectivity index (χ2v) is 6.94. The van der Waals surface area contributed by atoms with Crippen molar-refractivity contribution in [2.75, 3.05) is 5.32 Å². The molecule has 1 aliphatic heterocycles. The van der Waals surface area contributed by atoms with Gasteiger partial charge in [0.05, 0.1) is 28.3 Å². The second kappa shape index (κ2) is 6.41. The Kier molecular flexibility index (Phi) is 4.07. The van der Waals surface area contributed by atoms with E-state index in [1.807, 2.05) is 36.4 Å². The van der Waals surface area contributed by atoms with Gasteiger partial charge in [0.1, 0.15) is 0 Å². The molecule has 1 aliphatic carbocycles. The molecule has 5 heteroatoms. The van der Waals surface area contributed by atoms with Crippen molar-refractivity contribution in [3.63, 3.8) is 0 Å². The zero-order valence-electron chi connectivity index (χ0n) is 14.3. The standard InChI is InChI=1S/C21H20N2O3/c24-19(21(10-4-5-11-21)14-7-2-1-3-8-14)17-15(20(25)26)13-23-16-9-6-12-22-18(16)17/h1-3,6-9,12-13,17,23H,4-5,10-11H2,(H,25,26). The van der Waals surface area contributed by atoms with Crippen LogP contribution in [0.1, 0.15) is 42.9 Å². The highest BCUT2D eigenvalue weighted by Crippen LogP contribution is 2.47. The van der Waals surface area contributed by atoms with Gasteiger partial charge in [0, 0.05) is 12.4 Å². The van der Waals surface area contributed by atoms with Crippen molar-refractivity contribution in [1.29, 1.82) is 0 Å². The number of hydrogen-bond donors (Lipinski definition) is 2. The van der Waals surface area contributed by atoms with E-state index in [4.69, 9.17) is 0 Å². The van der Waals surface area contributed by atoms with Crippen LogP contribution in [-0.2, 0) is 15.0 Å². The predicted molar refractivity (Wildman–Crippen MR) is 97.9 cm³/mol. The summed E-state index contributed by atoms with van der Waals surface area (Å²) < 4.78 is 0. The Morgan fingerprint density at radius 3 is 2.50 bits per heavy atom. The van der Waals surface area contributed by atoms with E-state index in [2.05, 4.69) is 10.3 Å². The molecular weight excluding hydrogens is 328 g/mol. The van der Waals surface area contributed by atoms with Gasteiger partial charge in [-0.1, -0.05) is 43.2 Å². The van der Waals surface area contributed by atoms with Gasteiger partial charge in [0.25, 0.3) is 0 Å². The molecule has 26 heavy (non-hydrogen) atoms. The first-order valence-electron chi connectivity index (χ1n) is 8.88. The summed E-state index contributed by atoms with van der Waals surface area (Å²) in [4.78, 5) is 30.0. The molecule has 1 aromatic carbocycles. The summed E-state index contributed by atoms with van der Waals surface area (Å²) in [6, 6.07) is 13.4. The van der Waals surface area contributed by atoms with Gasteiger partial charge in [-0.05, 0) is 30.5 Å². The highest BCUT2D eigenvalue weighted by Gasteiger charge is 2.49. The number of anilines is 1. The molecule has 132 valence electrons. The number of fused-ring (bicyclic) bond motifs is 1. The summed E-state index contributed by atoms with van der Waals surface area (Å²) in [5.74, 6) is -2.01. The Balaban J connectivity index is 1.85. The SMILES string of the molecule is O=C(O)C1=CNc2cccnc2C1C(=O)C1(c2ccccc2)CCCC1. The van der Waals surface area contributed by atoms with Gasteiger partial charge >= 0.3 is 5.97 Å². The number of nitrogens with one attached hydrogen (secondary N) is 1. The zero-order valence-corrected chi connectivity index (χ0v) is 14.3. The van der Waals surface area contributed by atoms with Crippen LogP contribution in [0, 0.1) is 0 Å². The summed E-state index contributed by atoms with van der Waals surface area (Å²) in [5.41, 5.74) is 1.58. The molecule has 0 spiro atoms. The van der Waals surface area contributed by atoms with E-state index >= 15 is 0 Å². The summed E-state index contributed by atoms with van der Waals surface area (Å²) in [6.45, 7) is 0. The van der Waals surface area contributed by atoms with Crippen LogP contribution >= 0.6 is 0 Å². The molecule has 2 N–H and O–H groups in total. The number of aromatic nitrogens is 1. The molecule has 1 atom stereocenters. The predicted octanol–water partition coefficient (Wildman–Crippen LogP) is 3.64. The van der Waals surface area contributed by atoms with Crippen molar-refractivity contribution in [3.8, 4) is 0 Å². The number of benzene rings is 1. The molecule has 0 bridgehead atoms. The van der Waals surface area contributed by atoms with E-state index in [1.54, 1.807) is 12.3 Å². The van der Waals surface area contributed by atoms with E-state index in [0.717, 1.165) is 31.2 Å². The maximum atomic E-state index is 13.8. The Hall–Kier alpha value is -2.95. The Labute approximate surface area is 151 Å². The average Bonchev–Trinajstić information content (AvgIpc) is 3.18. The molecule has 1 unspecified atom stereocenters. The third kappa shape index (κ3) is 2.51. The number of carboxylic acids is 1. The van der Waals surface area contributed by atoms with Gasteiger partial charge in [-0.25, -0.2) is 4.79 Å². The Morgan fingerprint density at radius 2 is 1.81 bits per heavy atom. The maximum absolute atomic E-state index is 13.8. The van der Waals surface area contributed by atoms with Crippen LogP contribution in [0.3, 0.4) is 0 Å². The van der Waals surface area contributed by atoms with Gasteiger partial charge in [0.15, 0.2) is 5.78 Å². The fraction of sp³-hybridized carbons (Fsp3) is 0.286. The molecule has 0 radical (unpaired) electrons. The van der Waals surface area contributed by atoms with Crippen molar-refractivity contribution >= 4 is 17.4 Å². The van der Waals surface area contributed by atoms with E-state index in [-0.39, 0.29) is 11.4 Å². The first-order chi connectivity index (χ1) is 12.6. The van der Waals surface area contributed by atoms with Crippen LogP contribution in [0.4, 0.5) is 5.69 Å². The minimum absolute atomic E-state index is 0.0587. The van der Waals surface area contributed by atoms with Crippen molar-refractivity contribution in [2.45, 2.75) is 37.0 Å². The lowest BCUT2D eigenvalue weighted by Crippen LogP contribution is -2.40. The maximum Gasteiger partial charge on any atom is 0.334 e. The molecule has 0 amide bonds. The lowest BCUT2D eigenvalue weighted by Gasteiger charge is -2.34. The number of nitrogens with zero attached hydrogens (tertiary/aromatic N) is 1. The second-order valence-electron chi connectivity index (χ2n) is 6.94. The summed E-state index contributed by atoms with van der Waals surface area (Å²) >= 11 is 0. The first kappa shape index (κ1) is 16.5. The molecule has 5 nitrogen and oxygen atoms in total. The highest BCUT2D eigenvalue weighted by molar-refractivity contribution is 6.06. The minimum Gasteiger partial charge on any atom is -0.478 e. The molecule has 4 rings (SSSR count). The largest absolute Gasteiger partial charge is 0.478 e. The first-order valence-corrected chi connectivity index (χ1v) is 8.88. The number of ketones is 1. The monoisotopic (exact) mass is 348 g/mol. The quantitative estimate of drug-likeness (QED) is 0.882. The third-order valence-corrected chi connectivity index (χ3v) is 5.57. The van der Waals surface area contributed by atoms with Gasteiger partial charge in [-0.2, -0.15) is 0 Å². The molecule has 2 aromatic rings. The number of carbonyl (C=O) groups is 2. The zero-order chi connectivity index (χ0) is 18.1. The van der Waals surface area contributed by atoms with Crippen molar-refractivity contribution in [3.05, 3.63) is 71.7 Å². The topological polar surface area (TPSA) is 79.3 Å². The van der Waals surface area contributed by atoms with Crippen molar-refractivity contribution < 1.29 is 14.7 Å². The van der Waals surface area contributed by atoms with Crippen LogP contribution in [0.15, 0.2) is 60.4 Å². The van der Waals surface area contributed by atoms with Crippen LogP contribution < -0.4 is 5.32 Å². The van der Waals surface area contributed by atoms with Crippen molar-refractivity contribution in [1.82, 2.24) is 4.98 Å². The fourth-order valence-electron chi connectivity index (χ4n) is 4.30. The number of carbonyl (C=O) groups excluding carboxylic acids is 1. The van der Waals surface area contributed by atoms with Crippen molar-refractivity contribution in [2.24, 2.45) is 0 Å². The van der Waals surface area contributed by atoms with Gasteiger partial charge in [-0.15, -0.1) is 0 Å². The molecule has 1 saturated carbocycles. The number of carboxylic acid groups (broad SMARTS) is 1. The summed E-state index contributed by atoms with van der Waals surface area (Å²) in [7, 11) is 0. The van der Waals surface area contributed by atoms with Crippen LogP contribution in [0.25, 0.3) is 0 Å². The molecule has 1 fully saturated rings. The van der Waals surface area contributed by atoms with E-state index in [0.29, 0.717) is 11.4 Å². The highest BCUT2D eigenvalue weighted by atomic mass is 16.4. The Morgan fingerprint density at radius 1 is 1.08 bits per heavy atom. The normalized spacial score (nSPS) is 20.6. The van der Waals surface area contributed by atoms with E-state index in [9.17, 15) is 14.7 Å². The molecule has 2 aliphatic rings. The fourth-order valence-corrected chi connectivity index (χ4v) is 4.30. The number of pyridine rings is 1. The average molecular weight is 348 g/mol. The van der Waals surface area contributed by atoms with E-state index in [1.165, 1.54) is 6.20 Å². The van der Waals surface area contributed by atoms with Crippen LogP contribution in [-0.4, -0.2) is 21.8 Å². The smallest absolute Gasteiger partial charge is 0.334 e. The number of hydrogen-bond acceptors (Lipinski definition) is 4. The van der Waals surface area contributed by atoms with Crippen LogP contribution in [0.2, 0.25) is 0 Å². The number of aliphatic carboxylic acids is 1. The molecular formula is C21H20N2O3. The minimum atomic E-state index is -1.09. The number of Topliss-reactive ketones (excluding diaryl/α,β-unsaturated/α-hetero) is 1. The lowest BCUT2D eigenvalue weighted by atomic mass is 9.68. The van der Waals surface area contributed by atoms with E-state index < -0.39 is 17.3 Å². The van der Waals surface area contributed by atoms with Gasteiger partial charge in [0.2, 0.25) is 0 Å². The Bertz CT molecular complexity index is 883. The lowest BCUT2D eigenvalue weighted by molar-refractivity contribution is -0.135. The van der Waals surface area contributed by atoms with Crippen LogP contribution in [0.5, 0.6) is 0 Å². The molecule has 2 heterocycles. The number of rotatable bonds is 4. The third-order valence-electron chi connectivity index (χ3n) is 5.57. The van der Waals surface area contributed by atoms with Gasteiger partial charge in [-0.3, -0.25) is 9.78 Å². The summed E-state index contributed by atoms with van der Waals surface area (Å²) in [6.07, 6.45) is 6.46. The summed E-state index contributed by atoms with van der Waals surface area (Å²) in [5, 5.41) is 12.7. The molecule has 1 aromatic heterocycles.